The first-order valence-corrected chi connectivity index (χ1v) is 4.31. The third kappa shape index (κ3) is 1.41. The van der Waals surface area contributed by atoms with Crippen LogP contribution in [-0.4, -0.2) is 38.7 Å². The van der Waals surface area contributed by atoms with E-state index in [4.69, 9.17) is 0 Å². The summed E-state index contributed by atoms with van der Waals surface area (Å²) in [7, 11) is 1.75. The molecule has 5 nitrogen and oxygen atoms in total. The van der Waals surface area contributed by atoms with Crippen LogP contribution in [0.3, 0.4) is 0 Å². The lowest BCUT2D eigenvalue weighted by atomic mass is 10.0. The Balaban J connectivity index is 2.06. The number of nitrogens with zero attached hydrogens (tertiary/aromatic N) is 4. The van der Waals surface area contributed by atoms with Crippen LogP contribution in [0, 0.1) is 5.92 Å². The number of aryl methyl sites for hydroxylation is 1. The van der Waals surface area contributed by atoms with Crippen molar-refractivity contribution in [3.05, 3.63) is 12.2 Å². The largest absolute Gasteiger partial charge is 0.335 e. The highest BCUT2D eigenvalue weighted by atomic mass is 16.2. The number of likely N-dealkylation sites (tertiary alicyclic amines) is 1. The molecule has 1 aliphatic heterocycles. The zero-order valence-electron chi connectivity index (χ0n) is 7.77. The molecule has 13 heavy (non-hydrogen) atoms. The summed E-state index contributed by atoms with van der Waals surface area (Å²) in [6.45, 7) is 3.78. The summed E-state index contributed by atoms with van der Waals surface area (Å²) in [4.78, 5) is 17.2. The predicted molar refractivity (Wildman–Crippen MR) is 46.1 cm³/mol. The van der Waals surface area contributed by atoms with Crippen LogP contribution in [-0.2, 0) is 7.05 Å². The molecule has 0 aliphatic carbocycles. The highest BCUT2D eigenvalue weighted by molar-refractivity contribution is 5.90. The monoisotopic (exact) mass is 180 g/mol. The van der Waals surface area contributed by atoms with Crippen molar-refractivity contribution < 1.29 is 4.79 Å². The standard InChI is InChI=1S/C8H12N4O/c1-6-3-12(4-6)8(13)7-9-5-11(2)10-7/h5-6H,3-4H2,1-2H3. The summed E-state index contributed by atoms with van der Waals surface area (Å²) >= 11 is 0. The number of hydrogen-bond acceptors (Lipinski definition) is 3. The summed E-state index contributed by atoms with van der Waals surface area (Å²) in [6.07, 6.45) is 1.54. The Kier molecular flexibility index (Phi) is 1.79. The first-order chi connectivity index (χ1) is 6.16. The Morgan fingerprint density at radius 3 is 2.77 bits per heavy atom. The van der Waals surface area contributed by atoms with E-state index in [-0.39, 0.29) is 5.91 Å². The molecule has 1 saturated heterocycles. The van der Waals surface area contributed by atoms with Gasteiger partial charge in [-0.2, -0.15) is 0 Å². The van der Waals surface area contributed by atoms with Crippen LogP contribution in [0.25, 0.3) is 0 Å². The maximum atomic E-state index is 11.6. The molecule has 0 atom stereocenters. The molecule has 1 aromatic rings. The third-order valence-electron chi connectivity index (χ3n) is 2.14. The summed E-state index contributed by atoms with van der Waals surface area (Å²) < 4.78 is 1.54. The number of rotatable bonds is 1. The van der Waals surface area contributed by atoms with Gasteiger partial charge in [-0.3, -0.25) is 9.48 Å². The summed E-state index contributed by atoms with van der Waals surface area (Å²) in [5.41, 5.74) is 0. The Bertz CT molecular complexity index is 327. The minimum Gasteiger partial charge on any atom is -0.335 e. The molecule has 0 radical (unpaired) electrons. The van der Waals surface area contributed by atoms with E-state index >= 15 is 0 Å². The molecule has 1 aliphatic rings. The first-order valence-electron chi connectivity index (χ1n) is 4.31. The van der Waals surface area contributed by atoms with Crippen LogP contribution in [0.4, 0.5) is 0 Å². The van der Waals surface area contributed by atoms with Crippen molar-refractivity contribution in [2.45, 2.75) is 6.92 Å². The van der Waals surface area contributed by atoms with Gasteiger partial charge in [0.25, 0.3) is 5.91 Å². The minimum absolute atomic E-state index is 0.0568. The van der Waals surface area contributed by atoms with Crippen LogP contribution in [0.2, 0.25) is 0 Å². The maximum Gasteiger partial charge on any atom is 0.293 e. The van der Waals surface area contributed by atoms with E-state index in [0.717, 1.165) is 13.1 Å². The highest BCUT2D eigenvalue weighted by Gasteiger charge is 2.29. The third-order valence-corrected chi connectivity index (χ3v) is 2.14. The van der Waals surface area contributed by atoms with Gasteiger partial charge in [0.05, 0.1) is 0 Å². The van der Waals surface area contributed by atoms with E-state index in [9.17, 15) is 4.79 Å². The summed E-state index contributed by atoms with van der Waals surface area (Å²) in [5, 5.41) is 3.95. The molecule has 1 fully saturated rings. The molecule has 0 aromatic carbocycles. The molecule has 2 heterocycles. The van der Waals surface area contributed by atoms with Crippen molar-refractivity contribution in [1.82, 2.24) is 19.7 Å². The van der Waals surface area contributed by atoms with E-state index in [1.165, 1.54) is 11.0 Å². The van der Waals surface area contributed by atoms with Gasteiger partial charge < -0.3 is 4.90 Å². The lowest BCUT2D eigenvalue weighted by Gasteiger charge is -2.36. The normalized spacial score (nSPS) is 17.2. The minimum atomic E-state index is -0.0568. The van der Waals surface area contributed by atoms with E-state index in [1.807, 2.05) is 0 Å². The van der Waals surface area contributed by atoms with Gasteiger partial charge in [0.1, 0.15) is 6.33 Å². The fourth-order valence-electron chi connectivity index (χ4n) is 1.44. The van der Waals surface area contributed by atoms with Gasteiger partial charge in [0, 0.05) is 20.1 Å². The predicted octanol–water partition coefficient (Wildman–Crippen LogP) is -0.0930. The van der Waals surface area contributed by atoms with Gasteiger partial charge in [0.2, 0.25) is 5.82 Å². The Morgan fingerprint density at radius 1 is 1.62 bits per heavy atom. The van der Waals surface area contributed by atoms with Crippen molar-refractivity contribution in [1.29, 1.82) is 0 Å². The molecule has 1 aromatic heterocycles. The second-order valence-electron chi connectivity index (χ2n) is 3.56. The molecule has 0 spiro atoms. The lowest BCUT2D eigenvalue weighted by molar-refractivity contribution is 0.0517. The van der Waals surface area contributed by atoms with Gasteiger partial charge in [-0.25, -0.2) is 4.98 Å². The number of hydrogen-bond donors (Lipinski definition) is 0. The molecule has 0 saturated carbocycles. The Morgan fingerprint density at radius 2 is 2.31 bits per heavy atom. The summed E-state index contributed by atoms with van der Waals surface area (Å²) in [5.74, 6) is 0.862. The SMILES string of the molecule is CC1CN(C(=O)c2ncn(C)n2)C1. The zero-order valence-corrected chi connectivity index (χ0v) is 7.77. The average Bonchev–Trinajstić information content (AvgIpc) is 2.45. The fourth-order valence-corrected chi connectivity index (χ4v) is 1.44. The quantitative estimate of drug-likeness (QED) is 0.606. The zero-order chi connectivity index (χ0) is 9.42. The second kappa shape index (κ2) is 2.83. The van der Waals surface area contributed by atoms with Gasteiger partial charge in [-0.1, -0.05) is 6.92 Å². The molecule has 0 unspecified atom stereocenters. The smallest absolute Gasteiger partial charge is 0.293 e. The number of carbonyl (C=O) groups excluding carboxylic acids is 1. The molecule has 1 amide bonds. The number of carbonyl (C=O) groups is 1. The van der Waals surface area contributed by atoms with Gasteiger partial charge in [-0.05, 0) is 5.92 Å². The molecule has 2 rings (SSSR count). The summed E-state index contributed by atoms with van der Waals surface area (Å²) in [6, 6.07) is 0. The number of aromatic nitrogens is 3. The average molecular weight is 180 g/mol. The molecule has 0 bridgehead atoms. The molecular weight excluding hydrogens is 168 g/mol. The Labute approximate surface area is 76.4 Å². The van der Waals surface area contributed by atoms with E-state index in [2.05, 4.69) is 17.0 Å². The Hall–Kier alpha value is -1.39. The van der Waals surface area contributed by atoms with Crippen molar-refractivity contribution >= 4 is 5.91 Å². The molecule has 70 valence electrons. The van der Waals surface area contributed by atoms with Crippen molar-refractivity contribution in [3.63, 3.8) is 0 Å². The maximum absolute atomic E-state index is 11.6. The van der Waals surface area contributed by atoms with E-state index in [1.54, 1.807) is 11.9 Å². The topological polar surface area (TPSA) is 51.0 Å². The van der Waals surface area contributed by atoms with E-state index in [0.29, 0.717) is 11.7 Å². The van der Waals surface area contributed by atoms with Gasteiger partial charge in [0.15, 0.2) is 0 Å². The first kappa shape index (κ1) is 8.22. The van der Waals surface area contributed by atoms with Gasteiger partial charge >= 0.3 is 0 Å². The highest BCUT2D eigenvalue weighted by Crippen LogP contribution is 2.15. The molecule has 5 heteroatoms. The van der Waals surface area contributed by atoms with Crippen LogP contribution >= 0.6 is 0 Å². The van der Waals surface area contributed by atoms with Crippen LogP contribution in [0.15, 0.2) is 6.33 Å². The van der Waals surface area contributed by atoms with Crippen molar-refractivity contribution in [2.24, 2.45) is 13.0 Å². The van der Waals surface area contributed by atoms with Crippen molar-refractivity contribution in [3.8, 4) is 0 Å². The lowest BCUT2D eigenvalue weighted by Crippen LogP contribution is -2.49. The fraction of sp³-hybridized carbons (Fsp3) is 0.625. The number of amides is 1. The van der Waals surface area contributed by atoms with Gasteiger partial charge in [-0.15, -0.1) is 5.10 Å². The van der Waals surface area contributed by atoms with Crippen LogP contribution < -0.4 is 0 Å². The van der Waals surface area contributed by atoms with Crippen LogP contribution in [0.1, 0.15) is 17.5 Å². The second-order valence-corrected chi connectivity index (χ2v) is 3.56. The molecular formula is C8H12N4O. The molecule has 0 N–H and O–H groups in total. The van der Waals surface area contributed by atoms with Crippen LogP contribution in [0.5, 0.6) is 0 Å². The van der Waals surface area contributed by atoms with Crippen molar-refractivity contribution in [2.75, 3.05) is 13.1 Å². The van der Waals surface area contributed by atoms with E-state index < -0.39 is 0 Å².